The number of nitrogens with two attached hydrogens (primary N) is 1. The van der Waals surface area contributed by atoms with Gasteiger partial charge in [-0.05, 0) is 12.0 Å². The Morgan fingerprint density at radius 3 is 2.29 bits per heavy atom. The van der Waals surface area contributed by atoms with E-state index < -0.39 is 12.1 Å². The molecule has 0 fully saturated rings. The molecule has 0 amide bonds. The maximum absolute atomic E-state index is 9.21. The van der Waals surface area contributed by atoms with E-state index in [0.29, 0.717) is 6.42 Å². The molecule has 0 aliphatic heterocycles. The van der Waals surface area contributed by atoms with Crippen LogP contribution in [0, 0.1) is 0 Å². The average molecular weight is 218 g/mol. The van der Waals surface area contributed by atoms with E-state index in [9.17, 15) is 5.11 Å². The molecule has 0 heterocycles. The molecule has 0 bridgehead atoms. The fraction of sp³-hybridized carbons (Fsp3) is 0.400. The number of aliphatic hydroxyl groups is 2. The summed E-state index contributed by atoms with van der Waals surface area (Å²) in [6.07, 6.45) is -0.247. The molecule has 80 valence electrons. The van der Waals surface area contributed by atoms with Crippen LogP contribution in [0.25, 0.3) is 0 Å². The number of halogens is 1. The molecule has 0 saturated carbocycles. The van der Waals surface area contributed by atoms with Crippen molar-refractivity contribution >= 4 is 12.4 Å². The first-order chi connectivity index (χ1) is 6.24. The summed E-state index contributed by atoms with van der Waals surface area (Å²) in [7, 11) is 0. The summed E-state index contributed by atoms with van der Waals surface area (Å²) in [6, 6.07) is 9.28. The first-order valence-electron chi connectivity index (χ1n) is 4.32. The van der Waals surface area contributed by atoms with E-state index in [4.69, 9.17) is 10.8 Å². The summed E-state index contributed by atoms with van der Waals surface area (Å²) in [5.74, 6) is 0. The van der Waals surface area contributed by atoms with E-state index in [1.165, 1.54) is 0 Å². The molecule has 0 aliphatic rings. The molecule has 0 saturated heterocycles. The molecule has 0 radical (unpaired) electrons. The van der Waals surface area contributed by atoms with Crippen molar-refractivity contribution in [1.82, 2.24) is 0 Å². The molecule has 1 rings (SSSR count). The second-order valence-corrected chi connectivity index (χ2v) is 3.10. The largest absolute Gasteiger partial charge is 0.394 e. The fourth-order valence-electron chi connectivity index (χ4n) is 1.16. The van der Waals surface area contributed by atoms with Crippen molar-refractivity contribution in [1.29, 1.82) is 0 Å². The minimum Gasteiger partial charge on any atom is -0.394 e. The topological polar surface area (TPSA) is 66.5 Å². The molecule has 0 unspecified atom stereocenters. The lowest BCUT2D eigenvalue weighted by Gasteiger charge is -2.16. The van der Waals surface area contributed by atoms with Crippen LogP contribution in [0.3, 0.4) is 0 Å². The van der Waals surface area contributed by atoms with Crippen LogP contribution in [0.2, 0.25) is 0 Å². The Hall–Kier alpha value is -0.610. The van der Waals surface area contributed by atoms with Gasteiger partial charge in [0, 0.05) is 6.04 Å². The SMILES string of the molecule is Cl.N[C@H](Cc1ccccc1)[C@H](O)CO. The maximum atomic E-state index is 9.21. The van der Waals surface area contributed by atoms with Crippen LogP contribution in [-0.4, -0.2) is 29.0 Å². The van der Waals surface area contributed by atoms with Gasteiger partial charge in [-0.2, -0.15) is 0 Å². The van der Waals surface area contributed by atoms with Gasteiger partial charge in [0.05, 0.1) is 12.7 Å². The van der Waals surface area contributed by atoms with Crippen LogP contribution in [0.5, 0.6) is 0 Å². The summed E-state index contributed by atoms with van der Waals surface area (Å²) in [6.45, 7) is -0.284. The van der Waals surface area contributed by atoms with Crippen LogP contribution in [0.4, 0.5) is 0 Å². The Morgan fingerprint density at radius 1 is 1.21 bits per heavy atom. The van der Waals surface area contributed by atoms with Gasteiger partial charge >= 0.3 is 0 Å². The van der Waals surface area contributed by atoms with Crippen LogP contribution in [-0.2, 0) is 6.42 Å². The zero-order valence-corrected chi connectivity index (χ0v) is 8.65. The number of rotatable bonds is 4. The third-order valence-electron chi connectivity index (χ3n) is 2.00. The second-order valence-electron chi connectivity index (χ2n) is 3.10. The van der Waals surface area contributed by atoms with Crippen molar-refractivity contribution < 1.29 is 10.2 Å². The third kappa shape index (κ3) is 4.07. The zero-order chi connectivity index (χ0) is 9.68. The van der Waals surface area contributed by atoms with E-state index in [-0.39, 0.29) is 19.0 Å². The summed E-state index contributed by atoms with van der Waals surface area (Å²) in [5, 5.41) is 17.9. The summed E-state index contributed by atoms with van der Waals surface area (Å²) in [4.78, 5) is 0. The Bertz CT molecular complexity index is 243. The van der Waals surface area contributed by atoms with Crippen molar-refractivity contribution in [3.8, 4) is 0 Å². The predicted molar refractivity (Wildman–Crippen MR) is 58.5 cm³/mol. The minimum absolute atomic E-state index is 0. The van der Waals surface area contributed by atoms with Gasteiger partial charge in [-0.1, -0.05) is 30.3 Å². The predicted octanol–water partition coefficient (Wildman–Crippen LogP) is 0.331. The van der Waals surface area contributed by atoms with Crippen molar-refractivity contribution in [2.45, 2.75) is 18.6 Å². The standard InChI is InChI=1S/C10H15NO2.ClH/c11-9(10(13)7-12)6-8-4-2-1-3-5-8;/h1-5,9-10,12-13H,6-7,11H2;1H/t9-,10-;/m1./s1. The minimum atomic E-state index is -0.833. The first-order valence-corrected chi connectivity index (χ1v) is 4.32. The second kappa shape index (κ2) is 6.79. The van der Waals surface area contributed by atoms with Gasteiger partial charge in [0.2, 0.25) is 0 Å². The smallest absolute Gasteiger partial charge is 0.0924 e. The van der Waals surface area contributed by atoms with Crippen LogP contribution in [0.15, 0.2) is 30.3 Å². The van der Waals surface area contributed by atoms with Gasteiger partial charge in [0.25, 0.3) is 0 Å². The lowest BCUT2D eigenvalue weighted by molar-refractivity contribution is 0.0742. The molecule has 0 aromatic heterocycles. The number of hydrogen-bond donors (Lipinski definition) is 3. The molecule has 0 aliphatic carbocycles. The van der Waals surface area contributed by atoms with Gasteiger partial charge in [0.1, 0.15) is 0 Å². The molecule has 1 aromatic rings. The van der Waals surface area contributed by atoms with Gasteiger partial charge < -0.3 is 15.9 Å². The van der Waals surface area contributed by atoms with Crippen LogP contribution in [0.1, 0.15) is 5.56 Å². The molecule has 4 N–H and O–H groups in total. The Balaban J connectivity index is 0.00000169. The van der Waals surface area contributed by atoms with E-state index in [0.717, 1.165) is 5.56 Å². The molecule has 0 spiro atoms. The highest BCUT2D eigenvalue weighted by molar-refractivity contribution is 5.85. The quantitative estimate of drug-likeness (QED) is 0.681. The van der Waals surface area contributed by atoms with Gasteiger partial charge in [-0.25, -0.2) is 0 Å². The molecule has 4 heteroatoms. The molecule has 2 atom stereocenters. The Morgan fingerprint density at radius 2 is 1.79 bits per heavy atom. The number of benzene rings is 1. The zero-order valence-electron chi connectivity index (χ0n) is 7.84. The highest BCUT2D eigenvalue weighted by Gasteiger charge is 2.13. The van der Waals surface area contributed by atoms with Crippen molar-refractivity contribution in [2.75, 3.05) is 6.61 Å². The third-order valence-corrected chi connectivity index (χ3v) is 2.00. The van der Waals surface area contributed by atoms with Crippen LogP contribution >= 0.6 is 12.4 Å². The van der Waals surface area contributed by atoms with Crippen molar-refractivity contribution in [3.05, 3.63) is 35.9 Å². The van der Waals surface area contributed by atoms with Gasteiger partial charge in [-0.3, -0.25) is 0 Å². The highest BCUT2D eigenvalue weighted by Crippen LogP contribution is 2.03. The first kappa shape index (κ1) is 13.4. The Labute approximate surface area is 90.0 Å². The number of hydrogen-bond acceptors (Lipinski definition) is 3. The lowest BCUT2D eigenvalue weighted by Crippen LogP contribution is -2.38. The van der Waals surface area contributed by atoms with E-state index in [1.54, 1.807) is 0 Å². The van der Waals surface area contributed by atoms with E-state index in [1.807, 2.05) is 30.3 Å². The fourth-order valence-corrected chi connectivity index (χ4v) is 1.16. The Kier molecular flexibility index (Phi) is 6.49. The van der Waals surface area contributed by atoms with Gasteiger partial charge in [0.15, 0.2) is 0 Å². The van der Waals surface area contributed by atoms with Crippen LogP contribution < -0.4 is 5.73 Å². The van der Waals surface area contributed by atoms with E-state index >= 15 is 0 Å². The van der Waals surface area contributed by atoms with Gasteiger partial charge in [-0.15, -0.1) is 12.4 Å². The molecule has 3 nitrogen and oxygen atoms in total. The normalized spacial score (nSPS) is 14.2. The monoisotopic (exact) mass is 217 g/mol. The maximum Gasteiger partial charge on any atom is 0.0924 e. The van der Waals surface area contributed by atoms with Crippen molar-refractivity contribution in [2.24, 2.45) is 5.73 Å². The lowest BCUT2D eigenvalue weighted by atomic mass is 10.0. The molecular formula is C10H16ClNO2. The number of aliphatic hydroxyl groups excluding tert-OH is 2. The summed E-state index contributed by atoms with van der Waals surface area (Å²) < 4.78 is 0. The summed E-state index contributed by atoms with van der Waals surface area (Å²) in [5.41, 5.74) is 6.72. The molecule has 14 heavy (non-hydrogen) atoms. The average Bonchev–Trinajstić information content (AvgIpc) is 2.18. The highest BCUT2D eigenvalue weighted by atomic mass is 35.5. The molecule has 1 aromatic carbocycles. The molecular weight excluding hydrogens is 202 g/mol. The summed E-state index contributed by atoms with van der Waals surface area (Å²) >= 11 is 0. The van der Waals surface area contributed by atoms with E-state index in [2.05, 4.69) is 0 Å². The van der Waals surface area contributed by atoms with Crippen molar-refractivity contribution in [3.63, 3.8) is 0 Å².